The maximum Gasteiger partial charge on any atom is 0.128 e. The number of rotatable bonds is 3. The summed E-state index contributed by atoms with van der Waals surface area (Å²) in [4.78, 5) is 11.4. The first kappa shape index (κ1) is 16.6. The van der Waals surface area contributed by atoms with Crippen LogP contribution >= 0.6 is 0 Å². The van der Waals surface area contributed by atoms with Crippen molar-refractivity contribution in [1.82, 2.24) is 14.8 Å². The number of piperidine rings is 1. The van der Waals surface area contributed by atoms with Crippen LogP contribution in [-0.2, 0) is 6.54 Å². The van der Waals surface area contributed by atoms with Gasteiger partial charge >= 0.3 is 0 Å². The monoisotopic (exact) mass is 320 g/mol. The lowest BCUT2D eigenvalue weighted by Gasteiger charge is -2.40. The molecule has 0 unspecified atom stereocenters. The van der Waals surface area contributed by atoms with Crippen LogP contribution < -0.4 is 4.90 Å². The van der Waals surface area contributed by atoms with Crippen LogP contribution in [-0.4, -0.2) is 83.0 Å². The number of piperazine rings is 1. The van der Waals surface area contributed by atoms with E-state index < -0.39 is 11.7 Å². The number of hydrogen-bond acceptors (Lipinski definition) is 6. The van der Waals surface area contributed by atoms with Gasteiger partial charge in [-0.05, 0) is 32.0 Å². The molecule has 6 heteroatoms. The normalized spacial score (nSPS) is 30.6. The Balaban J connectivity index is 1.57. The van der Waals surface area contributed by atoms with E-state index in [1.54, 1.807) is 6.92 Å². The van der Waals surface area contributed by atoms with Crippen molar-refractivity contribution < 1.29 is 10.2 Å². The Labute approximate surface area is 138 Å². The molecule has 6 nitrogen and oxygen atoms in total. The molecule has 2 atom stereocenters. The molecule has 2 aliphatic rings. The largest absolute Gasteiger partial charge is 0.388 e. The molecule has 0 bridgehead atoms. The van der Waals surface area contributed by atoms with Crippen molar-refractivity contribution in [3.8, 4) is 0 Å². The van der Waals surface area contributed by atoms with Crippen molar-refractivity contribution in [2.45, 2.75) is 31.6 Å². The van der Waals surface area contributed by atoms with Crippen LogP contribution in [0.4, 0.5) is 5.82 Å². The Hall–Kier alpha value is -1.21. The molecule has 2 aliphatic heterocycles. The number of anilines is 1. The fourth-order valence-electron chi connectivity index (χ4n) is 3.19. The quantitative estimate of drug-likeness (QED) is 0.827. The summed E-state index contributed by atoms with van der Waals surface area (Å²) in [5.74, 6) is 0.877. The van der Waals surface area contributed by atoms with E-state index in [9.17, 15) is 10.2 Å². The number of aromatic nitrogens is 1. The average Bonchev–Trinajstić information content (AvgIpc) is 2.53. The first-order valence-electron chi connectivity index (χ1n) is 8.45. The summed E-state index contributed by atoms with van der Waals surface area (Å²) in [6.45, 7) is 8.23. The summed E-state index contributed by atoms with van der Waals surface area (Å²) in [5.41, 5.74) is 0.237. The number of likely N-dealkylation sites (N-methyl/N-ethyl adjacent to an activating group) is 1. The first-order valence-corrected chi connectivity index (χ1v) is 8.45. The topological polar surface area (TPSA) is 63.1 Å². The van der Waals surface area contributed by atoms with Crippen LogP contribution in [0.25, 0.3) is 0 Å². The van der Waals surface area contributed by atoms with Crippen LogP contribution in [0.1, 0.15) is 18.9 Å². The Morgan fingerprint density at radius 3 is 2.57 bits per heavy atom. The maximum absolute atomic E-state index is 10.0. The second-order valence-electron chi connectivity index (χ2n) is 7.17. The molecule has 3 rings (SSSR count). The minimum atomic E-state index is -0.988. The molecule has 2 N–H and O–H groups in total. The van der Waals surface area contributed by atoms with Crippen molar-refractivity contribution in [1.29, 1.82) is 0 Å². The predicted octanol–water partition coefficient (Wildman–Crippen LogP) is 0.151. The van der Waals surface area contributed by atoms with E-state index in [0.717, 1.165) is 45.1 Å². The lowest BCUT2D eigenvalue weighted by Crippen LogP contribution is -2.54. The second-order valence-corrected chi connectivity index (χ2v) is 7.17. The molecule has 0 saturated carbocycles. The van der Waals surface area contributed by atoms with Gasteiger partial charge in [0.05, 0.1) is 11.7 Å². The molecule has 23 heavy (non-hydrogen) atoms. The Kier molecular flexibility index (Phi) is 4.87. The maximum atomic E-state index is 10.0. The first-order chi connectivity index (χ1) is 10.9. The molecule has 0 aromatic carbocycles. The van der Waals surface area contributed by atoms with Crippen LogP contribution in [0.5, 0.6) is 0 Å². The van der Waals surface area contributed by atoms with Crippen LogP contribution in [0.2, 0.25) is 0 Å². The van der Waals surface area contributed by atoms with Crippen LogP contribution in [0, 0.1) is 0 Å². The van der Waals surface area contributed by atoms with Gasteiger partial charge in [-0.2, -0.15) is 0 Å². The standard InChI is InChI=1S/C17H28N4O2/c1-17(23)5-6-21(13-15(17)22)16-4-3-14(11-18-16)12-20-9-7-19(2)8-10-20/h3-4,11,15,22-23H,5-10,12-13H2,1-2H3/t15-,17-/m0/s1. The third-order valence-corrected chi connectivity index (χ3v) is 5.13. The second kappa shape index (κ2) is 6.73. The van der Waals surface area contributed by atoms with Crippen LogP contribution in [0.15, 0.2) is 18.3 Å². The smallest absolute Gasteiger partial charge is 0.128 e. The molecule has 2 fully saturated rings. The molecule has 128 valence electrons. The van der Waals surface area contributed by atoms with Gasteiger partial charge in [0.25, 0.3) is 0 Å². The lowest BCUT2D eigenvalue weighted by atomic mass is 9.91. The van der Waals surface area contributed by atoms with Crippen LogP contribution in [0.3, 0.4) is 0 Å². The van der Waals surface area contributed by atoms with Crippen molar-refractivity contribution in [2.24, 2.45) is 0 Å². The molecular weight excluding hydrogens is 292 g/mol. The minimum absolute atomic E-state index is 0.428. The molecule has 1 aromatic heterocycles. The summed E-state index contributed by atoms with van der Waals surface area (Å²) in [5, 5.41) is 20.1. The molecule has 0 spiro atoms. The van der Waals surface area contributed by atoms with Crippen molar-refractivity contribution in [3.63, 3.8) is 0 Å². The van der Waals surface area contributed by atoms with E-state index >= 15 is 0 Å². The minimum Gasteiger partial charge on any atom is -0.388 e. The van der Waals surface area contributed by atoms with Gasteiger partial charge in [-0.3, -0.25) is 4.90 Å². The lowest BCUT2D eigenvalue weighted by molar-refractivity contribution is -0.0722. The van der Waals surface area contributed by atoms with E-state index in [1.807, 2.05) is 17.2 Å². The van der Waals surface area contributed by atoms with Gasteiger partial charge in [0.15, 0.2) is 0 Å². The Morgan fingerprint density at radius 1 is 1.22 bits per heavy atom. The Bertz CT molecular complexity index is 512. The van der Waals surface area contributed by atoms with Gasteiger partial charge in [-0.15, -0.1) is 0 Å². The predicted molar refractivity (Wildman–Crippen MR) is 90.5 cm³/mol. The van der Waals surface area contributed by atoms with Gasteiger partial charge in [0.1, 0.15) is 5.82 Å². The van der Waals surface area contributed by atoms with E-state index in [2.05, 4.69) is 27.9 Å². The third-order valence-electron chi connectivity index (χ3n) is 5.13. The van der Waals surface area contributed by atoms with Gasteiger partial charge in [0.2, 0.25) is 0 Å². The Morgan fingerprint density at radius 2 is 1.96 bits per heavy atom. The number of aliphatic hydroxyl groups is 2. The fraction of sp³-hybridized carbons (Fsp3) is 0.706. The van der Waals surface area contributed by atoms with Crippen molar-refractivity contribution in [3.05, 3.63) is 23.9 Å². The van der Waals surface area contributed by atoms with E-state index in [4.69, 9.17) is 0 Å². The molecule has 1 aromatic rings. The van der Waals surface area contributed by atoms with Gasteiger partial charge < -0.3 is 20.0 Å². The van der Waals surface area contributed by atoms with Crippen molar-refractivity contribution in [2.75, 3.05) is 51.2 Å². The molecule has 2 saturated heterocycles. The third kappa shape index (κ3) is 4.01. The SMILES string of the molecule is CN1CCN(Cc2ccc(N3CC[C@](C)(O)[C@@H](O)C3)nc2)CC1. The number of hydrogen-bond donors (Lipinski definition) is 2. The highest BCUT2D eigenvalue weighted by Gasteiger charge is 2.36. The summed E-state index contributed by atoms with van der Waals surface area (Å²) in [6, 6.07) is 4.15. The summed E-state index contributed by atoms with van der Waals surface area (Å²) >= 11 is 0. The number of nitrogens with zero attached hydrogens (tertiary/aromatic N) is 4. The number of pyridine rings is 1. The molecule has 0 radical (unpaired) electrons. The molecule has 0 aliphatic carbocycles. The number of aliphatic hydroxyl groups excluding tert-OH is 1. The molecule has 0 amide bonds. The van der Waals surface area contributed by atoms with Gasteiger partial charge in [0, 0.05) is 52.0 Å². The van der Waals surface area contributed by atoms with Crippen molar-refractivity contribution >= 4 is 5.82 Å². The van der Waals surface area contributed by atoms with Gasteiger partial charge in [-0.1, -0.05) is 6.07 Å². The zero-order valence-corrected chi connectivity index (χ0v) is 14.1. The summed E-state index contributed by atoms with van der Waals surface area (Å²) < 4.78 is 0. The highest BCUT2D eigenvalue weighted by Crippen LogP contribution is 2.25. The van der Waals surface area contributed by atoms with Gasteiger partial charge in [-0.25, -0.2) is 4.98 Å². The van der Waals surface area contributed by atoms with E-state index in [-0.39, 0.29) is 0 Å². The number of β-amino-alcohol motifs (C(OH)–C–C–N with tert-alkyl or cyclic N) is 1. The average molecular weight is 320 g/mol. The zero-order chi connectivity index (χ0) is 16.4. The van der Waals surface area contributed by atoms with E-state index in [1.165, 1.54) is 5.56 Å². The summed E-state index contributed by atoms with van der Waals surface area (Å²) in [7, 11) is 2.16. The fourth-order valence-corrected chi connectivity index (χ4v) is 3.19. The molecule has 3 heterocycles. The van der Waals surface area contributed by atoms with E-state index in [0.29, 0.717) is 13.0 Å². The highest BCUT2D eigenvalue weighted by molar-refractivity contribution is 5.40. The highest BCUT2D eigenvalue weighted by atomic mass is 16.3. The molecular formula is C17H28N4O2. The zero-order valence-electron chi connectivity index (χ0n) is 14.1. The summed E-state index contributed by atoms with van der Waals surface area (Å²) in [6.07, 6.45) is 1.76.